The minimum Gasteiger partial charge on any atom is -0.347 e. The van der Waals surface area contributed by atoms with Crippen molar-refractivity contribution in [1.29, 1.82) is 0 Å². The molecule has 1 rings (SSSR count). The molecule has 0 fully saturated rings. The molecular formula is C11H20N4. The maximum Gasteiger partial charge on any atom is 0.225 e. The van der Waals surface area contributed by atoms with E-state index in [2.05, 4.69) is 36.1 Å². The summed E-state index contributed by atoms with van der Waals surface area (Å²) in [6.07, 6.45) is 1.79. The third kappa shape index (κ3) is 4.25. The van der Waals surface area contributed by atoms with Gasteiger partial charge in [0, 0.05) is 32.4 Å². The van der Waals surface area contributed by atoms with E-state index in [9.17, 15) is 0 Å². The highest BCUT2D eigenvalue weighted by Crippen LogP contribution is 2.05. The van der Waals surface area contributed by atoms with Crippen LogP contribution in [0.3, 0.4) is 0 Å². The van der Waals surface area contributed by atoms with Gasteiger partial charge in [-0.2, -0.15) is 0 Å². The van der Waals surface area contributed by atoms with Crippen LogP contribution in [0.15, 0.2) is 12.3 Å². The first-order chi connectivity index (χ1) is 6.88. The molecule has 15 heavy (non-hydrogen) atoms. The first kappa shape index (κ1) is 11.9. The molecule has 0 saturated heterocycles. The van der Waals surface area contributed by atoms with E-state index in [-0.39, 0.29) is 5.54 Å². The van der Waals surface area contributed by atoms with Gasteiger partial charge in [0.2, 0.25) is 5.95 Å². The Morgan fingerprint density at radius 2 is 2.00 bits per heavy atom. The molecule has 1 aromatic rings. The van der Waals surface area contributed by atoms with Gasteiger partial charge in [-0.1, -0.05) is 0 Å². The smallest absolute Gasteiger partial charge is 0.225 e. The number of aromatic nitrogens is 2. The van der Waals surface area contributed by atoms with E-state index < -0.39 is 0 Å². The molecule has 0 aromatic carbocycles. The van der Waals surface area contributed by atoms with E-state index in [4.69, 9.17) is 0 Å². The number of rotatable bonds is 3. The van der Waals surface area contributed by atoms with Crippen molar-refractivity contribution in [3.05, 3.63) is 18.0 Å². The van der Waals surface area contributed by atoms with Crippen molar-refractivity contribution >= 4 is 5.95 Å². The first-order valence-electron chi connectivity index (χ1n) is 5.13. The van der Waals surface area contributed by atoms with Crippen molar-refractivity contribution in [2.24, 2.45) is 0 Å². The average Bonchev–Trinajstić information content (AvgIpc) is 2.14. The predicted molar refractivity (Wildman–Crippen MR) is 63.0 cm³/mol. The molecule has 1 aromatic heterocycles. The van der Waals surface area contributed by atoms with Gasteiger partial charge in [0.15, 0.2) is 0 Å². The molecule has 4 nitrogen and oxygen atoms in total. The van der Waals surface area contributed by atoms with Gasteiger partial charge >= 0.3 is 0 Å². The lowest BCUT2D eigenvalue weighted by Gasteiger charge is -2.20. The molecule has 0 saturated carbocycles. The van der Waals surface area contributed by atoms with Gasteiger partial charge < -0.3 is 10.2 Å². The quantitative estimate of drug-likeness (QED) is 0.816. The topological polar surface area (TPSA) is 41.1 Å². The Morgan fingerprint density at radius 3 is 2.53 bits per heavy atom. The molecule has 0 aliphatic heterocycles. The normalized spacial score (nSPS) is 11.5. The van der Waals surface area contributed by atoms with E-state index >= 15 is 0 Å². The Kier molecular flexibility index (Phi) is 3.63. The molecule has 84 valence electrons. The summed E-state index contributed by atoms with van der Waals surface area (Å²) in [6, 6.07) is 1.94. The van der Waals surface area contributed by atoms with E-state index in [1.807, 2.05) is 25.1 Å². The fourth-order valence-electron chi connectivity index (χ4n) is 1.05. The van der Waals surface area contributed by atoms with Gasteiger partial charge in [-0.15, -0.1) is 0 Å². The van der Waals surface area contributed by atoms with Gasteiger partial charge in [-0.05, 0) is 26.8 Å². The predicted octanol–water partition coefficient (Wildman–Crippen LogP) is 1.43. The number of anilines is 1. The van der Waals surface area contributed by atoms with Crippen LogP contribution in [-0.4, -0.2) is 29.6 Å². The number of hydrogen-bond donors (Lipinski definition) is 1. The van der Waals surface area contributed by atoms with Crippen LogP contribution in [0.2, 0.25) is 0 Å². The summed E-state index contributed by atoms with van der Waals surface area (Å²) >= 11 is 0. The van der Waals surface area contributed by atoms with E-state index in [1.54, 1.807) is 6.20 Å². The van der Waals surface area contributed by atoms with Crippen LogP contribution in [0.5, 0.6) is 0 Å². The Morgan fingerprint density at radius 1 is 1.33 bits per heavy atom. The van der Waals surface area contributed by atoms with Crippen molar-refractivity contribution in [3.63, 3.8) is 0 Å². The summed E-state index contributed by atoms with van der Waals surface area (Å²) in [4.78, 5) is 10.5. The number of nitrogens with one attached hydrogen (secondary N) is 1. The van der Waals surface area contributed by atoms with Crippen molar-refractivity contribution < 1.29 is 0 Å². The monoisotopic (exact) mass is 208 g/mol. The van der Waals surface area contributed by atoms with Gasteiger partial charge in [-0.3, -0.25) is 0 Å². The zero-order valence-electron chi connectivity index (χ0n) is 10.2. The fraction of sp³-hybridized carbons (Fsp3) is 0.636. The second-order valence-electron chi connectivity index (χ2n) is 4.85. The standard InChI is InChI=1S/C11H20N4/c1-11(2,3)13-8-9-6-7-12-10(14-9)15(4)5/h6-7,13H,8H2,1-5H3. The van der Waals surface area contributed by atoms with Gasteiger partial charge in [0.25, 0.3) is 0 Å². The largest absolute Gasteiger partial charge is 0.347 e. The molecule has 0 amide bonds. The van der Waals surface area contributed by atoms with Crippen LogP contribution in [-0.2, 0) is 6.54 Å². The molecule has 0 spiro atoms. The SMILES string of the molecule is CN(C)c1nccc(CNC(C)(C)C)n1. The fourth-order valence-corrected chi connectivity index (χ4v) is 1.05. The molecule has 1 heterocycles. The molecule has 0 atom stereocenters. The van der Waals surface area contributed by atoms with Crippen molar-refractivity contribution in [1.82, 2.24) is 15.3 Å². The molecule has 0 aliphatic carbocycles. The Bertz CT molecular complexity index is 315. The van der Waals surface area contributed by atoms with E-state index in [0.717, 1.165) is 18.2 Å². The maximum absolute atomic E-state index is 4.43. The number of nitrogens with zero attached hydrogens (tertiary/aromatic N) is 3. The van der Waals surface area contributed by atoms with Crippen LogP contribution in [0.1, 0.15) is 26.5 Å². The molecular weight excluding hydrogens is 188 g/mol. The molecule has 0 unspecified atom stereocenters. The second-order valence-corrected chi connectivity index (χ2v) is 4.85. The Hall–Kier alpha value is -1.16. The second kappa shape index (κ2) is 4.57. The summed E-state index contributed by atoms with van der Waals surface area (Å²) in [5.74, 6) is 0.753. The van der Waals surface area contributed by atoms with Crippen LogP contribution in [0.25, 0.3) is 0 Å². The highest BCUT2D eigenvalue weighted by atomic mass is 15.2. The van der Waals surface area contributed by atoms with Crippen molar-refractivity contribution in [2.75, 3.05) is 19.0 Å². The van der Waals surface area contributed by atoms with Crippen molar-refractivity contribution in [2.45, 2.75) is 32.9 Å². The maximum atomic E-state index is 4.43. The average molecular weight is 208 g/mol. The molecule has 0 aliphatic rings. The summed E-state index contributed by atoms with van der Waals surface area (Å²) in [7, 11) is 3.88. The summed E-state index contributed by atoms with van der Waals surface area (Å²) in [6.45, 7) is 7.19. The Balaban J connectivity index is 2.66. The van der Waals surface area contributed by atoms with Crippen molar-refractivity contribution in [3.8, 4) is 0 Å². The molecule has 4 heteroatoms. The highest BCUT2D eigenvalue weighted by molar-refractivity contribution is 5.27. The van der Waals surface area contributed by atoms with Gasteiger partial charge in [0.05, 0.1) is 5.69 Å². The van der Waals surface area contributed by atoms with Gasteiger partial charge in [-0.25, -0.2) is 9.97 Å². The minimum absolute atomic E-state index is 0.114. The lowest BCUT2D eigenvalue weighted by atomic mass is 10.1. The highest BCUT2D eigenvalue weighted by Gasteiger charge is 2.09. The van der Waals surface area contributed by atoms with Gasteiger partial charge in [0.1, 0.15) is 0 Å². The van der Waals surface area contributed by atoms with E-state index in [0.29, 0.717) is 0 Å². The molecule has 0 radical (unpaired) electrons. The lowest BCUT2D eigenvalue weighted by Crippen LogP contribution is -2.35. The van der Waals surface area contributed by atoms with Crippen LogP contribution < -0.4 is 10.2 Å². The summed E-state index contributed by atoms with van der Waals surface area (Å²) in [5.41, 5.74) is 1.13. The lowest BCUT2D eigenvalue weighted by molar-refractivity contribution is 0.421. The van der Waals surface area contributed by atoms with Crippen LogP contribution >= 0.6 is 0 Å². The van der Waals surface area contributed by atoms with Crippen LogP contribution in [0.4, 0.5) is 5.95 Å². The van der Waals surface area contributed by atoms with Crippen LogP contribution in [0, 0.1) is 0 Å². The summed E-state index contributed by atoms with van der Waals surface area (Å²) < 4.78 is 0. The van der Waals surface area contributed by atoms with E-state index in [1.165, 1.54) is 0 Å². The zero-order chi connectivity index (χ0) is 11.5. The third-order valence-electron chi connectivity index (χ3n) is 1.90. The molecule has 1 N–H and O–H groups in total. The first-order valence-corrected chi connectivity index (χ1v) is 5.13. The Labute approximate surface area is 91.7 Å². The summed E-state index contributed by atoms with van der Waals surface area (Å²) in [5, 5.41) is 3.40. The zero-order valence-corrected chi connectivity index (χ0v) is 10.2. The molecule has 0 bridgehead atoms. The number of hydrogen-bond acceptors (Lipinski definition) is 4. The third-order valence-corrected chi connectivity index (χ3v) is 1.90. The minimum atomic E-state index is 0.114.